The van der Waals surface area contributed by atoms with Crippen molar-refractivity contribution in [2.75, 3.05) is 19.6 Å². The summed E-state index contributed by atoms with van der Waals surface area (Å²) in [6, 6.07) is 3.18. The largest absolute Gasteiger partial charge is 0.336 e. The molecule has 1 saturated heterocycles. The molecular formula is C13H20N4O2. The van der Waals surface area contributed by atoms with E-state index < -0.39 is 0 Å². The molecular weight excluding hydrogens is 244 g/mol. The zero-order chi connectivity index (χ0) is 13.7. The van der Waals surface area contributed by atoms with Crippen molar-refractivity contribution in [1.29, 1.82) is 0 Å². The molecule has 1 unspecified atom stereocenters. The van der Waals surface area contributed by atoms with E-state index in [0.29, 0.717) is 24.8 Å². The molecule has 1 aliphatic rings. The Hall–Kier alpha value is -1.69. The van der Waals surface area contributed by atoms with Crippen LogP contribution in [0, 0.1) is 0 Å². The molecule has 1 amide bonds. The van der Waals surface area contributed by atoms with E-state index in [-0.39, 0.29) is 11.5 Å². The standard InChI is InChI=1S/C13H20N4O2/c1-2-8-17(9-10-4-3-7-14-10)13(19)11-5-6-12(18)16-15-11/h5-6,10,14H,2-4,7-9H2,1H3,(H,16,18). The fourth-order valence-corrected chi connectivity index (χ4v) is 2.35. The monoisotopic (exact) mass is 264 g/mol. The number of nitrogens with zero attached hydrogens (tertiary/aromatic N) is 2. The molecule has 19 heavy (non-hydrogen) atoms. The van der Waals surface area contributed by atoms with Crippen LogP contribution in [0.15, 0.2) is 16.9 Å². The second-order valence-corrected chi connectivity index (χ2v) is 4.85. The van der Waals surface area contributed by atoms with Gasteiger partial charge in [-0.25, -0.2) is 5.10 Å². The summed E-state index contributed by atoms with van der Waals surface area (Å²) in [5.74, 6) is -0.119. The van der Waals surface area contributed by atoms with Crippen molar-refractivity contribution in [3.63, 3.8) is 0 Å². The van der Waals surface area contributed by atoms with E-state index in [2.05, 4.69) is 15.5 Å². The van der Waals surface area contributed by atoms with Crippen LogP contribution in [0.4, 0.5) is 0 Å². The molecule has 1 atom stereocenters. The lowest BCUT2D eigenvalue weighted by molar-refractivity contribution is 0.0734. The molecule has 6 heteroatoms. The lowest BCUT2D eigenvalue weighted by Gasteiger charge is -2.25. The molecule has 1 fully saturated rings. The second kappa shape index (κ2) is 6.47. The number of carbonyl (C=O) groups is 1. The minimum absolute atomic E-state index is 0.119. The Balaban J connectivity index is 2.06. The van der Waals surface area contributed by atoms with Crippen LogP contribution >= 0.6 is 0 Å². The first-order valence-corrected chi connectivity index (χ1v) is 6.79. The molecule has 2 heterocycles. The average Bonchev–Trinajstić information content (AvgIpc) is 2.91. The Bertz CT molecular complexity index is 459. The van der Waals surface area contributed by atoms with Crippen LogP contribution in [0.2, 0.25) is 0 Å². The van der Waals surface area contributed by atoms with Crippen LogP contribution in [0.1, 0.15) is 36.7 Å². The minimum Gasteiger partial charge on any atom is -0.336 e. The van der Waals surface area contributed by atoms with Gasteiger partial charge in [-0.3, -0.25) is 9.59 Å². The molecule has 0 spiro atoms. The van der Waals surface area contributed by atoms with Crippen molar-refractivity contribution in [2.45, 2.75) is 32.2 Å². The van der Waals surface area contributed by atoms with E-state index in [1.807, 2.05) is 11.8 Å². The molecule has 0 saturated carbocycles. The third-order valence-corrected chi connectivity index (χ3v) is 3.28. The predicted molar refractivity (Wildman–Crippen MR) is 72.1 cm³/mol. The lowest BCUT2D eigenvalue weighted by Crippen LogP contribution is -2.42. The molecule has 0 radical (unpaired) electrons. The first kappa shape index (κ1) is 13.7. The maximum absolute atomic E-state index is 12.3. The summed E-state index contributed by atoms with van der Waals surface area (Å²) in [5, 5.41) is 9.50. The third kappa shape index (κ3) is 3.64. The quantitative estimate of drug-likeness (QED) is 0.805. The number of hydrogen-bond donors (Lipinski definition) is 2. The summed E-state index contributed by atoms with van der Waals surface area (Å²) in [6.07, 6.45) is 3.17. The highest BCUT2D eigenvalue weighted by atomic mass is 16.2. The van der Waals surface area contributed by atoms with Crippen molar-refractivity contribution >= 4 is 5.91 Å². The van der Waals surface area contributed by atoms with E-state index in [4.69, 9.17) is 0 Å². The van der Waals surface area contributed by atoms with Crippen LogP contribution < -0.4 is 10.9 Å². The van der Waals surface area contributed by atoms with Gasteiger partial charge in [-0.1, -0.05) is 6.92 Å². The molecule has 2 N–H and O–H groups in total. The molecule has 104 valence electrons. The Morgan fingerprint density at radius 3 is 2.95 bits per heavy atom. The zero-order valence-corrected chi connectivity index (χ0v) is 11.2. The van der Waals surface area contributed by atoms with E-state index in [0.717, 1.165) is 25.8 Å². The molecule has 1 aliphatic heterocycles. The van der Waals surface area contributed by atoms with Crippen molar-refractivity contribution in [3.8, 4) is 0 Å². The van der Waals surface area contributed by atoms with E-state index in [1.165, 1.54) is 12.1 Å². The normalized spacial score (nSPS) is 18.5. The number of carbonyl (C=O) groups excluding carboxylic acids is 1. The van der Waals surface area contributed by atoms with Crippen molar-refractivity contribution in [1.82, 2.24) is 20.4 Å². The first-order chi connectivity index (χ1) is 9.20. The van der Waals surface area contributed by atoms with Crippen molar-refractivity contribution in [3.05, 3.63) is 28.2 Å². The number of H-pyrrole nitrogens is 1. The lowest BCUT2D eigenvalue weighted by atomic mass is 10.2. The predicted octanol–water partition coefficient (Wildman–Crippen LogP) is 0.374. The van der Waals surface area contributed by atoms with Gasteiger partial charge in [-0.2, -0.15) is 5.10 Å². The molecule has 0 bridgehead atoms. The highest BCUT2D eigenvalue weighted by Gasteiger charge is 2.22. The maximum atomic E-state index is 12.3. The highest BCUT2D eigenvalue weighted by Crippen LogP contribution is 2.09. The van der Waals surface area contributed by atoms with Gasteiger partial charge in [0.2, 0.25) is 0 Å². The highest BCUT2D eigenvalue weighted by molar-refractivity contribution is 5.92. The van der Waals surface area contributed by atoms with Crippen LogP contribution in [0.3, 0.4) is 0 Å². The Labute approximate surface area is 112 Å². The summed E-state index contributed by atoms with van der Waals surface area (Å²) in [4.78, 5) is 25.1. The maximum Gasteiger partial charge on any atom is 0.274 e. The number of amides is 1. The van der Waals surface area contributed by atoms with Gasteiger partial charge in [-0.15, -0.1) is 0 Å². The number of aromatic amines is 1. The number of nitrogens with one attached hydrogen (secondary N) is 2. The van der Waals surface area contributed by atoms with E-state index >= 15 is 0 Å². The molecule has 0 aromatic carbocycles. The molecule has 2 rings (SSSR count). The third-order valence-electron chi connectivity index (χ3n) is 3.28. The second-order valence-electron chi connectivity index (χ2n) is 4.85. The van der Waals surface area contributed by atoms with E-state index in [9.17, 15) is 9.59 Å². The summed E-state index contributed by atoms with van der Waals surface area (Å²) < 4.78 is 0. The number of aromatic nitrogens is 2. The van der Waals surface area contributed by atoms with Gasteiger partial charge >= 0.3 is 0 Å². The Kier molecular flexibility index (Phi) is 4.68. The van der Waals surface area contributed by atoms with Crippen LogP contribution in [-0.2, 0) is 0 Å². The van der Waals surface area contributed by atoms with Crippen LogP contribution in [-0.4, -0.2) is 46.7 Å². The summed E-state index contributed by atoms with van der Waals surface area (Å²) >= 11 is 0. The summed E-state index contributed by atoms with van der Waals surface area (Å²) in [7, 11) is 0. The van der Waals surface area contributed by atoms with Gasteiger partial charge in [0, 0.05) is 25.2 Å². The van der Waals surface area contributed by atoms with Crippen LogP contribution in [0.25, 0.3) is 0 Å². The topological polar surface area (TPSA) is 78.1 Å². The molecule has 1 aromatic rings. The van der Waals surface area contributed by atoms with Gasteiger partial charge in [0.1, 0.15) is 5.69 Å². The fourth-order valence-electron chi connectivity index (χ4n) is 2.35. The van der Waals surface area contributed by atoms with E-state index in [1.54, 1.807) is 0 Å². The minimum atomic E-state index is -0.295. The smallest absolute Gasteiger partial charge is 0.274 e. The first-order valence-electron chi connectivity index (χ1n) is 6.79. The van der Waals surface area contributed by atoms with Crippen molar-refractivity contribution in [2.24, 2.45) is 0 Å². The summed E-state index contributed by atoms with van der Waals surface area (Å²) in [5.41, 5.74) is 0.00194. The Morgan fingerprint density at radius 2 is 2.37 bits per heavy atom. The van der Waals surface area contributed by atoms with Crippen LogP contribution in [0.5, 0.6) is 0 Å². The van der Waals surface area contributed by atoms with Gasteiger partial charge in [0.05, 0.1) is 0 Å². The van der Waals surface area contributed by atoms with Gasteiger partial charge in [0.15, 0.2) is 0 Å². The SMILES string of the molecule is CCCN(CC1CCCN1)C(=O)c1ccc(=O)[nH]n1. The van der Waals surface area contributed by atoms with Gasteiger partial charge in [0.25, 0.3) is 11.5 Å². The molecule has 0 aliphatic carbocycles. The van der Waals surface area contributed by atoms with Crippen molar-refractivity contribution < 1.29 is 4.79 Å². The summed E-state index contributed by atoms with van der Waals surface area (Å²) in [6.45, 7) is 4.48. The molecule has 1 aromatic heterocycles. The number of hydrogen-bond acceptors (Lipinski definition) is 4. The van der Waals surface area contributed by atoms with Gasteiger partial charge < -0.3 is 10.2 Å². The zero-order valence-electron chi connectivity index (χ0n) is 11.2. The fraction of sp³-hybridized carbons (Fsp3) is 0.615. The van der Waals surface area contributed by atoms with Gasteiger partial charge in [-0.05, 0) is 31.9 Å². The number of rotatable bonds is 5. The average molecular weight is 264 g/mol. The Morgan fingerprint density at radius 1 is 1.53 bits per heavy atom. The molecule has 6 nitrogen and oxygen atoms in total.